The van der Waals surface area contributed by atoms with E-state index in [-0.39, 0.29) is 18.6 Å². The molecule has 0 aliphatic rings. The molecule has 0 bridgehead atoms. The summed E-state index contributed by atoms with van der Waals surface area (Å²) >= 11 is 0. The minimum absolute atomic E-state index is 0.000906. The second kappa shape index (κ2) is 7.66. The van der Waals surface area contributed by atoms with Crippen molar-refractivity contribution in [2.24, 2.45) is 0 Å². The molecule has 0 saturated heterocycles. The molecule has 128 valence electrons. The molecule has 0 fully saturated rings. The van der Waals surface area contributed by atoms with E-state index in [1.807, 2.05) is 73.1 Å². The van der Waals surface area contributed by atoms with Crippen LogP contribution in [0.3, 0.4) is 0 Å². The Morgan fingerprint density at radius 1 is 1.24 bits per heavy atom. The van der Waals surface area contributed by atoms with Crippen molar-refractivity contribution in [2.75, 3.05) is 6.61 Å². The first-order valence-electron chi connectivity index (χ1n) is 8.19. The average Bonchev–Trinajstić information content (AvgIpc) is 3.15. The number of carbonyl (C=O) groups is 1. The third-order valence-electron chi connectivity index (χ3n) is 3.93. The van der Waals surface area contributed by atoms with E-state index >= 15 is 0 Å². The van der Waals surface area contributed by atoms with Crippen LogP contribution in [-0.4, -0.2) is 22.1 Å². The van der Waals surface area contributed by atoms with Crippen LogP contribution in [0.2, 0.25) is 0 Å². The van der Waals surface area contributed by atoms with Crippen LogP contribution < -0.4 is 10.1 Å². The van der Waals surface area contributed by atoms with Crippen LogP contribution in [0.25, 0.3) is 5.69 Å². The first-order valence-corrected chi connectivity index (χ1v) is 8.19. The SMILES string of the molecule is Cc1cccc(OCC(=O)NC(C)c2ccc(-n3ccnc3)cc2)c1. The average molecular weight is 335 g/mol. The number of amides is 1. The normalized spacial score (nSPS) is 11.8. The summed E-state index contributed by atoms with van der Waals surface area (Å²) in [6.07, 6.45) is 5.39. The Balaban J connectivity index is 1.54. The number of ether oxygens (including phenoxy) is 1. The molecule has 0 aliphatic heterocycles. The molecule has 0 aliphatic carbocycles. The van der Waals surface area contributed by atoms with Crippen molar-refractivity contribution in [2.45, 2.75) is 19.9 Å². The molecule has 1 atom stereocenters. The van der Waals surface area contributed by atoms with Crippen molar-refractivity contribution in [3.63, 3.8) is 0 Å². The van der Waals surface area contributed by atoms with Gasteiger partial charge in [0.05, 0.1) is 12.4 Å². The Morgan fingerprint density at radius 2 is 2.04 bits per heavy atom. The second-order valence-electron chi connectivity index (χ2n) is 5.96. The number of nitrogens with zero attached hydrogens (tertiary/aromatic N) is 2. The molecule has 5 heteroatoms. The Kier molecular flexibility index (Phi) is 5.14. The molecule has 1 amide bonds. The summed E-state index contributed by atoms with van der Waals surface area (Å²) in [6, 6.07) is 15.6. The molecule has 1 heterocycles. The number of imidazole rings is 1. The van der Waals surface area contributed by atoms with E-state index in [2.05, 4.69) is 10.3 Å². The van der Waals surface area contributed by atoms with Gasteiger partial charge in [-0.2, -0.15) is 0 Å². The van der Waals surface area contributed by atoms with Crippen molar-refractivity contribution >= 4 is 5.91 Å². The summed E-state index contributed by atoms with van der Waals surface area (Å²) < 4.78 is 7.46. The Bertz CT molecular complexity index is 826. The van der Waals surface area contributed by atoms with E-state index in [1.165, 1.54) is 0 Å². The van der Waals surface area contributed by atoms with Crippen LogP contribution in [0, 0.1) is 6.92 Å². The highest BCUT2D eigenvalue weighted by molar-refractivity contribution is 5.78. The van der Waals surface area contributed by atoms with Gasteiger partial charge in [-0.1, -0.05) is 24.3 Å². The summed E-state index contributed by atoms with van der Waals surface area (Å²) in [5.41, 5.74) is 3.17. The van der Waals surface area contributed by atoms with Crippen molar-refractivity contribution in [3.8, 4) is 11.4 Å². The third-order valence-corrected chi connectivity index (χ3v) is 3.93. The van der Waals surface area contributed by atoms with Gasteiger partial charge in [0.15, 0.2) is 6.61 Å². The lowest BCUT2D eigenvalue weighted by Crippen LogP contribution is -2.31. The van der Waals surface area contributed by atoms with E-state index in [0.717, 1.165) is 16.8 Å². The fourth-order valence-corrected chi connectivity index (χ4v) is 2.57. The first kappa shape index (κ1) is 16.8. The fourth-order valence-electron chi connectivity index (χ4n) is 2.57. The zero-order valence-electron chi connectivity index (χ0n) is 14.3. The highest BCUT2D eigenvalue weighted by Gasteiger charge is 2.10. The Labute approximate surface area is 147 Å². The van der Waals surface area contributed by atoms with E-state index in [0.29, 0.717) is 5.75 Å². The van der Waals surface area contributed by atoms with Gasteiger partial charge in [0.1, 0.15) is 5.75 Å². The van der Waals surface area contributed by atoms with E-state index in [9.17, 15) is 4.79 Å². The molecule has 0 saturated carbocycles. The van der Waals surface area contributed by atoms with E-state index in [4.69, 9.17) is 4.74 Å². The molecular weight excluding hydrogens is 314 g/mol. The van der Waals surface area contributed by atoms with Crippen LogP contribution in [-0.2, 0) is 4.79 Å². The van der Waals surface area contributed by atoms with Gasteiger partial charge in [0.25, 0.3) is 5.91 Å². The standard InChI is InChI=1S/C20H21N3O2/c1-15-4-3-5-19(12-15)25-13-20(24)22-16(2)17-6-8-18(9-7-17)23-11-10-21-14-23/h3-12,14,16H,13H2,1-2H3,(H,22,24). The minimum Gasteiger partial charge on any atom is -0.484 e. The molecule has 0 radical (unpaired) electrons. The zero-order chi connectivity index (χ0) is 17.6. The zero-order valence-corrected chi connectivity index (χ0v) is 14.3. The number of carbonyl (C=O) groups excluding carboxylic acids is 1. The number of aromatic nitrogens is 2. The Hall–Kier alpha value is -3.08. The van der Waals surface area contributed by atoms with Crippen LogP contribution in [0.1, 0.15) is 24.1 Å². The maximum absolute atomic E-state index is 12.1. The molecule has 3 rings (SSSR count). The molecule has 25 heavy (non-hydrogen) atoms. The number of rotatable bonds is 6. The maximum atomic E-state index is 12.1. The number of nitrogens with one attached hydrogen (secondary N) is 1. The van der Waals surface area contributed by atoms with Gasteiger partial charge < -0.3 is 14.6 Å². The van der Waals surface area contributed by atoms with Crippen LogP contribution >= 0.6 is 0 Å². The first-order chi connectivity index (χ1) is 12.1. The minimum atomic E-state index is -0.146. The van der Waals surface area contributed by atoms with Crippen molar-refractivity contribution in [1.82, 2.24) is 14.9 Å². The monoisotopic (exact) mass is 335 g/mol. The molecule has 0 spiro atoms. The maximum Gasteiger partial charge on any atom is 0.258 e. The summed E-state index contributed by atoms with van der Waals surface area (Å²) in [5.74, 6) is 0.556. The fraction of sp³-hybridized carbons (Fsp3) is 0.200. The quantitative estimate of drug-likeness (QED) is 0.751. The van der Waals surface area contributed by atoms with Gasteiger partial charge in [-0.05, 0) is 49.2 Å². The largest absolute Gasteiger partial charge is 0.484 e. The lowest BCUT2D eigenvalue weighted by atomic mass is 10.1. The van der Waals surface area contributed by atoms with E-state index in [1.54, 1.807) is 12.5 Å². The number of aryl methyl sites for hydroxylation is 1. The summed E-state index contributed by atoms with van der Waals surface area (Å²) in [4.78, 5) is 16.1. The third kappa shape index (κ3) is 4.47. The summed E-state index contributed by atoms with van der Waals surface area (Å²) in [7, 11) is 0. The molecule has 1 aromatic heterocycles. The topological polar surface area (TPSA) is 56.1 Å². The van der Waals surface area contributed by atoms with Gasteiger partial charge in [-0.3, -0.25) is 4.79 Å². The molecule has 5 nitrogen and oxygen atoms in total. The van der Waals surface area contributed by atoms with Gasteiger partial charge >= 0.3 is 0 Å². The van der Waals surface area contributed by atoms with Gasteiger partial charge in [0.2, 0.25) is 0 Å². The van der Waals surface area contributed by atoms with Crippen molar-refractivity contribution in [1.29, 1.82) is 0 Å². The highest BCUT2D eigenvalue weighted by atomic mass is 16.5. The number of hydrogen-bond donors (Lipinski definition) is 1. The van der Waals surface area contributed by atoms with Crippen molar-refractivity contribution < 1.29 is 9.53 Å². The molecule has 1 N–H and O–H groups in total. The molecule has 2 aromatic carbocycles. The number of hydrogen-bond acceptors (Lipinski definition) is 3. The van der Waals surface area contributed by atoms with Crippen LogP contribution in [0.15, 0.2) is 67.3 Å². The lowest BCUT2D eigenvalue weighted by Gasteiger charge is -2.15. The highest BCUT2D eigenvalue weighted by Crippen LogP contribution is 2.16. The molecule has 1 unspecified atom stereocenters. The predicted molar refractivity (Wildman–Crippen MR) is 96.8 cm³/mol. The van der Waals surface area contributed by atoms with Crippen LogP contribution in [0.4, 0.5) is 0 Å². The Morgan fingerprint density at radius 3 is 2.72 bits per heavy atom. The smallest absolute Gasteiger partial charge is 0.258 e. The van der Waals surface area contributed by atoms with E-state index < -0.39 is 0 Å². The lowest BCUT2D eigenvalue weighted by molar-refractivity contribution is -0.123. The van der Waals surface area contributed by atoms with Gasteiger partial charge in [-0.25, -0.2) is 4.98 Å². The summed E-state index contributed by atoms with van der Waals surface area (Å²) in [5, 5.41) is 2.95. The number of benzene rings is 2. The second-order valence-corrected chi connectivity index (χ2v) is 5.96. The van der Waals surface area contributed by atoms with Gasteiger partial charge in [-0.15, -0.1) is 0 Å². The van der Waals surface area contributed by atoms with Gasteiger partial charge in [0, 0.05) is 18.1 Å². The van der Waals surface area contributed by atoms with Crippen molar-refractivity contribution in [3.05, 3.63) is 78.4 Å². The predicted octanol–water partition coefficient (Wildman–Crippen LogP) is 3.44. The summed E-state index contributed by atoms with van der Waals surface area (Å²) in [6.45, 7) is 3.94. The van der Waals surface area contributed by atoms with Crippen LogP contribution in [0.5, 0.6) is 5.75 Å². The molecular formula is C20H21N3O2. The molecule has 3 aromatic rings.